The molecule has 0 aromatic heterocycles. The van der Waals surface area contributed by atoms with E-state index in [-0.39, 0.29) is 18.1 Å². The van der Waals surface area contributed by atoms with Crippen molar-refractivity contribution in [2.24, 2.45) is 0 Å². The second kappa shape index (κ2) is 4.73. The number of nitrogens with zero attached hydrogens (tertiary/aromatic N) is 1. The van der Waals surface area contributed by atoms with Gasteiger partial charge in [0.05, 0.1) is 6.04 Å². The number of ether oxygens (including phenoxy) is 1. The van der Waals surface area contributed by atoms with Crippen LogP contribution in [0.3, 0.4) is 0 Å². The molecule has 0 bridgehead atoms. The minimum absolute atomic E-state index is 0.0336. The van der Waals surface area contributed by atoms with E-state index in [0.29, 0.717) is 12.6 Å². The number of piperidine rings is 1. The second-order valence-electron chi connectivity index (χ2n) is 5.30. The van der Waals surface area contributed by atoms with Gasteiger partial charge >= 0.3 is 5.97 Å². The van der Waals surface area contributed by atoms with Crippen molar-refractivity contribution in [1.82, 2.24) is 4.90 Å². The maximum atomic E-state index is 11.9. The predicted octanol–water partition coefficient (Wildman–Crippen LogP) is 2.53. The lowest BCUT2D eigenvalue weighted by Gasteiger charge is -2.47. The molecular weight excluding hydrogens is 226 g/mol. The number of morpholine rings is 1. The Morgan fingerprint density at radius 2 is 1.94 bits per heavy atom. The first-order chi connectivity index (χ1) is 8.77. The van der Waals surface area contributed by atoms with Gasteiger partial charge in [0.1, 0.15) is 12.6 Å². The average molecular weight is 245 g/mol. The van der Waals surface area contributed by atoms with Crippen molar-refractivity contribution in [3.8, 4) is 0 Å². The molecule has 1 aromatic rings. The summed E-state index contributed by atoms with van der Waals surface area (Å²) < 4.78 is 5.38. The van der Waals surface area contributed by atoms with E-state index in [2.05, 4.69) is 36.1 Å². The zero-order chi connectivity index (χ0) is 12.5. The van der Waals surface area contributed by atoms with Crippen LogP contribution in [0, 0.1) is 0 Å². The number of benzene rings is 1. The lowest BCUT2D eigenvalue weighted by atomic mass is 9.90. The van der Waals surface area contributed by atoms with Crippen molar-refractivity contribution in [2.45, 2.75) is 44.3 Å². The first-order valence-electron chi connectivity index (χ1n) is 6.76. The average Bonchev–Trinajstić information content (AvgIpc) is 2.41. The Bertz CT molecular complexity index is 431. The Hall–Kier alpha value is -1.35. The summed E-state index contributed by atoms with van der Waals surface area (Å²) in [6.45, 7) is 2.71. The number of hydrogen-bond acceptors (Lipinski definition) is 3. The van der Waals surface area contributed by atoms with Crippen LogP contribution >= 0.6 is 0 Å². The van der Waals surface area contributed by atoms with Gasteiger partial charge in [-0.2, -0.15) is 0 Å². The van der Waals surface area contributed by atoms with E-state index in [4.69, 9.17) is 4.74 Å². The van der Waals surface area contributed by atoms with Crippen molar-refractivity contribution >= 4 is 5.97 Å². The third kappa shape index (κ3) is 1.93. The SMILES string of the molecule is C[C@H]1CCC[C@H]2C(=O)OC[C@@H](c3ccccc3)N12. The summed E-state index contributed by atoms with van der Waals surface area (Å²) in [4.78, 5) is 14.3. The zero-order valence-electron chi connectivity index (χ0n) is 10.7. The fraction of sp³-hybridized carbons (Fsp3) is 0.533. The number of fused-ring (bicyclic) bond motifs is 1. The fourth-order valence-electron chi connectivity index (χ4n) is 3.26. The summed E-state index contributed by atoms with van der Waals surface area (Å²) in [5.74, 6) is -0.0336. The number of carbonyl (C=O) groups is 1. The molecule has 18 heavy (non-hydrogen) atoms. The summed E-state index contributed by atoms with van der Waals surface area (Å²) in [7, 11) is 0. The summed E-state index contributed by atoms with van der Waals surface area (Å²) in [5, 5.41) is 0. The maximum absolute atomic E-state index is 11.9. The predicted molar refractivity (Wildman–Crippen MR) is 69.1 cm³/mol. The molecule has 0 aliphatic carbocycles. The van der Waals surface area contributed by atoms with Crippen LogP contribution in [0.15, 0.2) is 30.3 Å². The lowest BCUT2D eigenvalue weighted by molar-refractivity contribution is -0.168. The van der Waals surface area contributed by atoms with E-state index in [0.717, 1.165) is 12.8 Å². The molecule has 96 valence electrons. The van der Waals surface area contributed by atoms with Crippen LogP contribution in [0.25, 0.3) is 0 Å². The Morgan fingerprint density at radius 3 is 2.72 bits per heavy atom. The number of esters is 1. The van der Waals surface area contributed by atoms with Gasteiger partial charge < -0.3 is 4.74 Å². The molecule has 1 aromatic carbocycles. The lowest BCUT2D eigenvalue weighted by Crippen LogP contribution is -2.56. The van der Waals surface area contributed by atoms with Crippen LogP contribution in [0.4, 0.5) is 0 Å². The minimum atomic E-state index is -0.0345. The smallest absolute Gasteiger partial charge is 0.323 e. The molecule has 0 saturated carbocycles. The van der Waals surface area contributed by atoms with Crippen molar-refractivity contribution in [3.63, 3.8) is 0 Å². The van der Waals surface area contributed by atoms with E-state index < -0.39 is 0 Å². The van der Waals surface area contributed by atoms with Crippen LogP contribution in [0.5, 0.6) is 0 Å². The first kappa shape index (κ1) is 11.7. The molecule has 3 heteroatoms. The molecule has 2 saturated heterocycles. The highest BCUT2D eigenvalue weighted by molar-refractivity contribution is 5.77. The number of carbonyl (C=O) groups excluding carboxylic acids is 1. The molecule has 2 heterocycles. The van der Waals surface area contributed by atoms with Gasteiger partial charge in [-0.15, -0.1) is 0 Å². The van der Waals surface area contributed by atoms with Gasteiger partial charge in [0, 0.05) is 6.04 Å². The van der Waals surface area contributed by atoms with E-state index in [9.17, 15) is 4.79 Å². The Balaban J connectivity index is 1.92. The Kier molecular flexibility index (Phi) is 3.08. The van der Waals surface area contributed by atoms with Gasteiger partial charge in [-0.05, 0) is 31.7 Å². The normalized spacial score (nSPS) is 32.7. The molecule has 2 aliphatic rings. The van der Waals surface area contributed by atoms with E-state index >= 15 is 0 Å². The molecule has 3 atom stereocenters. The Labute approximate surface area is 108 Å². The molecule has 0 unspecified atom stereocenters. The van der Waals surface area contributed by atoms with Gasteiger partial charge in [-0.1, -0.05) is 30.3 Å². The van der Waals surface area contributed by atoms with Gasteiger partial charge in [-0.25, -0.2) is 0 Å². The van der Waals surface area contributed by atoms with Crippen molar-refractivity contribution in [1.29, 1.82) is 0 Å². The van der Waals surface area contributed by atoms with Gasteiger partial charge in [-0.3, -0.25) is 9.69 Å². The highest BCUT2D eigenvalue weighted by Gasteiger charge is 2.42. The van der Waals surface area contributed by atoms with Gasteiger partial charge in [0.25, 0.3) is 0 Å². The third-order valence-corrected chi connectivity index (χ3v) is 4.17. The number of cyclic esters (lactones) is 1. The molecule has 0 N–H and O–H groups in total. The monoisotopic (exact) mass is 245 g/mol. The number of hydrogen-bond donors (Lipinski definition) is 0. The molecule has 0 radical (unpaired) electrons. The van der Waals surface area contributed by atoms with E-state index in [1.807, 2.05) is 6.07 Å². The number of rotatable bonds is 1. The first-order valence-corrected chi connectivity index (χ1v) is 6.76. The molecule has 3 nitrogen and oxygen atoms in total. The molecular formula is C15H19NO2. The van der Waals surface area contributed by atoms with Crippen LogP contribution in [-0.4, -0.2) is 29.6 Å². The van der Waals surface area contributed by atoms with Crippen LogP contribution < -0.4 is 0 Å². The van der Waals surface area contributed by atoms with Gasteiger partial charge in [0.2, 0.25) is 0 Å². The summed E-state index contributed by atoms with van der Waals surface area (Å²) in [6.07, 6.45) is 3.23. The Morgan fingerprint density at radius 1 is 1.17 bits per heavy atom. The molecule has 0 amide bonds. The molecule has 3 rings (SSSR count). The van der Waals surface area contributed by atoms with E-state index in [1.165, 1.54) is 12.0 Å². The molecule has 2 fully saturated rings. The molecule has 0 spiro atoms. The minimum Gasteiger partial charge on any atom is -0.462 e. The van der Waals surface area contributed by atoms with Crippen LogP contribution in [-0.2, 0) is 9.53 Å². The summed E-state index contributed by atoms with van der Waals surface area (Å²) in [6, 6.07) is 11.0. The maximum Gasteiger partial charge on any atom is 0.323 e. The third-order valence-electron chi connectivity index (χ3n) is 4.17. The topological polar surface area (TPSA) is 29.5 Å². The quantitative estimate of drug-likeness (QED) is 0.712. The summed E-state index contributed by atoms with van der Waals surface area (Å²) in [5.41, 5.74) is 1.25. The van der Waals surface area contributed by atoms with Crippen LogP contribution in [0.2, 0.25) is 0 Å². The zero-order valence-corrected chi connectivity index (χ0v) is 10.7. The molecule has 2 aliphatic heterocycles. The standard InChI is InChI=1S/C15H19NO2/c1-11-6-5-9-13-15(17)18-10-14(16(11)13)12-7-3-2-4-8-12/h2-4,7-8,11,13-14H,5-6,9-10H2,1H3/t11-,13-,14-/m0/s1. The highest BCUT2D eigenvalue weighted by Crippen LogP contribution is 2.36. The summed E-state index contributed by atoms with van der Waals surface area (Å²) >= 11 is 0. The highest BCUT2D eigenvalue weighted by atomic mass is 16.5. The fourth-order valence-corrected chi connectivity index (χ4v) is 3.26. The van der Waals surface area contributed by atoms with Crippen LogP contribution in [0.1, 0.15) is 37.8 Å². The van der Waals surface area contributed by atoms with Gasteiger partial charge in [0.15, 0.2) is 0 Å². The second-order valence-corrected chi connectivity index (χ2v) is 5.30. The largest absolute Gasteiger partial charge is 0.462 e. The van der Waals surface area contributed by atoms with Crippen molar-refractivity contribution in [3.05, 3.63) is 35.9 Å². The van der Waals surface area contributed by atoms with Crippen molar-refractivity contribution in [2.75, 3.05) is 6.61 Å². The van der Waals surface area contributed by atoms with Crippen molar-refractivity contribution < 1.29 is 9.53 Å². The van der Waals surface area contributed by atoms with E-state index in [1.54, 1.807) is 0 Å².